The van der Waals surface area contributed by atoms with Crippen molar-refractivity contribution in [3.05, 3.63) is 34.5 Å². The number of carbonyl (C=O) groups excluding carboxylic acids is 1. The molecule has 2 aromatic heterocycles. The van der Waals surface area contributed by atoms with E-state index >= 15 is 0 Å². The summed E-state index contributed by atoms with van der Waals surface area (Å²) in [4.78, 5) is 21.4. The number of hydrogen-bond acceptors (Lipinski definition) is 6. The summed E-state index contributed by atoms with van der Waals surface area (Å²) in [5.41, 5.74) is 7.52. The van der Waals surface area contributed by atoms with Gasteiger partial charge in [-0.25, -0.2) is 9.97 Å². The van der Waals surface area contributed by atoms with E-state index in [1.165, 1.54) is 11.3 Å². The van der Waals surface area contributed by atoms with E-state index in [4.69, 9.17) is 10.5 Å². The predicted octanol–water partition coefficient (Wildman–Crippen LogP) is 1.28. The first-order valence-electron chi connectivity index (χ1n) is 6.19. The first-order valence-corrected chi connectivity index (χ1v) is 7.01. The highest BCUT2D eigenvalue weighted by Gasteiger charge is 2.29. The van der Waals surface area contributed by atoms with E-state index < -0.39 is 0 Å². The van der Waals surface area contributed by atoms with Gasteiger partial charge in [-0.05, 0) is 6.07 Å². The lowest BCUT2D eigenvalue weighted by Crippen LogP contribution is -2.21. The van der Waals surface area contributed by atoms with Crippen molar-refractivity contribution in [1.82, 2.24) is 15.3 Å². The number of pyridine rings is 1. The lowest BCUT2D eigenvalue weighted by atomic mass is 9.94. The van der Waals surface area contributed by atoms with Crippen LogP contribution in [0.25, 0.3) is 0 Å². The molecule has 6 nitrogen and oxygen atoms in total. The van der Waals surface area contributed by atoms with Gasteiger partial charge < -0.3 is 15.8 Å². The van der Waals surface area contributed by atoms with E-state index in [1.807, 2.05) is 12.1 Å². The molecule has 1 unspecified atom stereocenters. The summed E-state index contributed by atoms with van der Waals surface area (Å²) < 4.78 is 5.31. The zero-order valence-electron chi connectivity index (χ0n) is 10.9. The summed E-state index contributed by atoms with van der Waals surface area (Å²) >= 11 is 1.42. The molecule has 1 aliphatic heterocycles. The molecule has 1 atom stereocenters. The second-order valence-electron chi connectivity index (χ2n) is 4.50. The monoisotopic (exact) mass is 290 g/mol. The fraction of sp³-hybridized carbons (Fsp3) is 0.308. The van der Waals surface area contributed by atoms with Gasteiger partial charge >= 0.3 is 0 Å². The lowest BCUT2D eigenvalue weighted by molar-refractivity contribution is -0.121. The minimum atomic E-state index is -0.119. The van der Waals surface area contributed by atoms with Gasteiger partial charge in [0.15, 0.2) is 5.13 Å². The van der Waals surface area contributed by atoms with Crippen molar-refractivity contribution >= 4 is 22.4 Å². The highest BCUT2D eigenvalue weighted by Crippen LogP contribution is 2.39. The molecule has 0 saturated carbocycles. The van der Waals surface area contributed by atoms with Crippen LogP contribution in [-0.4, -0.2) is 23.0 Å². The maximum Gasteiger partial charge on any atom is 0.221 e. The highest BCUT2D eigenvalue weighted by molar-refractivity contribution is 7.15. The quantitative estimate of drug-likeness (QED) is 0.869. The van der Waals surface area contributed by atoms with Crippen LogP contribution in [0.4, 0.5) is 5.13 Å². The number of nitrogen functional groups attached to an aromatic ring is 1. The number of ether oxygens (including phenoxy) is 1. The van der Waals surface area contributed by atoms with Gasteiger partial charge in [0.25, 0.3) is 0 Å². The maximum atomic E-state index is 11.9. The molecule has 0 bridgehead atoms. The number of aromatic nitrogens is 2. The molecule has 0 spiro atoms. The number of nitrogens with two attached hydrogens (primary N) is 1. The molecule has 20 heavy (non-hydrogen) atoms. The molecule has 0 aliphatic carbocycles. The van der Waals surface area contributed by atoms with Gasteiger partial charge in [-0.15, -0.1) is 11.3 Å². The van der Waals surface area contributed by atoms with E-state index in [0.717, 1.165) is 16.1 Å². The number of nitrogens with zero attached hydrogens (tertiary/aromatic N) is 2. The van der Waals surface area contributed by atoms with Crippen LogP contribution >= 0.6 is 11.3 Å². The van der Waals surface area contributed by atoms with E-state index in [1.54, 1.807) is 13.3 Å². The topological polar surface area (TPSA) is 90.1 Å². The Kier molecular flexibility index (Phi) is 3.27. The van der Waals surface area contributed by atoms with Crippen LogP contribution < -0.4 is 15.8 Å². The van der Waals surface area contributed by atoms with Crippen LogP contribution in [0.3, 0.4) is 0 Å². The third kappa shape index (κ3) is 2.20. The number of fused-ring (bicyclic) bond motifs is 1. The van der Waals surface area contributed by atoms with Gasteiger partial charge in [-0.1, -0.05) is 6.07 Å². The largest absolute Gasteiger partial charge is 0.481 e. The van der Waals surface area contributed by atoms with Gasteiger partial charge in [0.1, 0.15) is 0 Å². The fourth-order valence-corrected chi connectivity index (χ4v) is 3.37. The van der Waals surface area contributed by atoms with Crippen molar-refractivity contribution in [2.24, 2.45) is 0 Å². The maximum absolute atomic E-state index is 11.9. The van der Waals surface area contributed by atoms with Crippen LogP contribution in [0.5, 0.6) is 5.88 Å². The second kappa shape index (κ2) is 5.09. The van der Waals surface area contributed by atoms with Crippen molar-refractivity contribution in [2.45, 2.75) is 18.9 Å². The van der Waals surface area contributed by atoms with Gasteiger partial charge in [-0.2, -0.15) is 0 Å². The Morgan fingerprint density at radius 3 is 3.20 bits per heavy atom. The summed E-state index contributed by atoms with van der Waals surface area (Å²) in [6, 6.07) is 3.76. The van der Waals surface area contributed by atoms with Gasteiger partial charge in [0, 0.05) is 29.0 Å². The molecule has 104 valence electrons. The third-order valence-corrected chi connectivity index (χ3v) is 4.31. The van der Waals surface area contributed by atoms with E-state index in [0.29, 0.717) is 24.0 Å². The van der Waals surface area contributed by atoms with Crippen LogP contribution in [0, 0.1) is 0 Å². The molecule has 3 heterocycles. The SMILES string of the molecule is COc1ncccc1C1CC(=O)NCc2nc(N)sc21. The zero-order chi connectivity index (χ0) is 14.1. The molecule has 0 radical (unpaired) electrons. The predicted molar refractivity (Wildman–Crippen MR) is 75.6 cm³/mol. The van der Waals surface area contributed by atoms with Crippen LogP contribution in [-0.2, 0) is 11.3 Å². The first kappa shape index (κ1) is 12.9. The normalized spacial score (nSPS) is 18.1. The van der Waals surface area contributed by atoms with Crippen molar-refractivity contribution in [3.63, 3.8) is 0 Å². The van der Waals surface area contributed by atoms with Gasteiger partial charge in [-0.3, -0.25) is 4.79 Å². The standard InChI is InChI=1S/C13H14N4O2S/c1-19-12-7(3-2-4-15-12)8-5-10(18)16-6-9-11(8)20-13(14)17-9/h2-4,8H,5-6H2,1H3,(H2,14,17)(H,16,18). The Morgan fingerprint density at radius 2 is 2.40 bits per heavy atom. The van der Waals surface area contributed by atoms with E-state index in [2.05, 4.69) is 15.3 Å². The summed E-state index contributed by atoms with van der Waals surface area (Å²) in [6.45, 7) is 0.418. The summed E-state index contributed by atoms with van der Waals surface area (Å²) in [6.07, 6.45) is 2.01. The summed E-state index contributed by atoms with van der Waals surface area (Å²) in [5.74, 6) is 0.403. The molecule has 0 aromatic carbocycles. The van der Waals surface area contributed by atoms with E-state index in [9.17, 15) is 4.79 Å². The van der Waals surface area contributed by atoms with Crippen molar-refractivity contribution in [2.75, 3.05) is 12.8 Å². The van der Waals surface area contributed by atoms with Gasteiger partial charge in [0.05, 0.1) is 19.3 Å². The summed E-state index contributed by atoms with van der Waals surface area (Å²) in [5, 5.41) is 3.35. The smallest absolute Gasteiger partial charge is 0.221 e. The number of rotatable bonds is 2. The highest BCUT2D eigenvalue weighted by atomic mass is 32.1. The Hall–Kier alpha value is -2.15. The van der Waals surface area contributed by atoms with E-state index in [-0.39, 0.29) is 11.8 Å². The average molecular weight is 290 g/mol. The minimum absolute atomic E-state index is 0.00956. The lowest BCUT2D eigenvalue weighted by Gasteiger charge is -2.15. The minimum Gasteiger partial charge on any atom is -0.481 e. The molecule has 1 aliphatic rings. The van der Waals surface area contributed by atoms with Crippen molar-refractivity contribution in [1.29, 1.82) is 0 Å². The number of thiazole rings is 1. The number of nitrogens with one attached hydrogen (secondary N) is 1. The molecule has 3 N–H and O–H groups in total. The molecule has 3 rings (SSSR count). The van der Waals surface area contributed by atoms with Crippen LogP contribution in [0.15, 0.2) is 18.3 Å². The molecule has 2 aromatic rings. The van der Waals surface area contributed by atoms with Crippen molar-refractivity contribution in [3.8, 4) is 5.88 Å². The molecule has 1 amide bonds. The zero-order valence-corrected chi connectivity index (χ0v) is 11.7. The van der Waals surface area contributed by atoms with Crippen molar-refractivity contribution < 1.29 is 9.53 Å². The molecular formula is C13H14N4O2S. The fourth-order valence-electron chi connectivity index (χ4n) is 2.40. The van der Waals surface area contributed by atoms with Crippen LogP contribution in [0.1, 0.15) is 28.5 Å². The van der Waals surface area contributed by atoms with Gasteiger partial charge in [0.2, 0.25) is 11.8 Å². The molecule has 0 saturated heterocycles. The Labute approximate surface area is 120 Å². The molecule has 7 heteroatoms. The number of methoxy groups -OCH3 is 1. The first-order chi connectivity index (χ1) is 9.69. The number of carbonyl (C=O) groups is 1. The molecule has 0 fully saturated rings. The Bertz CT molecular complexity index is 656. The third-order valence-electron chi connectivity index (χ3n) is 3.27. The Balaban J connectivity index is 2.12. The van der Waals surface area contributed by atoms with Crippen LogP contribution in [0.2, 0.25) is 0 Å². The summed E-state index contributed by atoms with van der Waals surface area (Å²) in [7, 11) is 1.57. The number of anilines is 1. The average Bonchev–Trinajstić information content (AvgIpc) is 2.76. The second-order valence-corrected chi connectivity index (χ2v) is 5.56. The number of hydrogen-bond donors (Lipinski definition) is 2. The Morgan fingerprint density at radius 1 is 1.55 bits per heavy atom. The molecular weight excluding hydrogens is 276 g/mol. The number of amides is 1.